The zero-order chi connectivity index (χ0) is 14.6. The first-order chi connectivity index (χ1) is 9.76. The van der Waals surface area contributed by atoms with Crippen molar-refractivity contribution in [1.29, 1.82) is 0 Å². The molecule has 1 aliphatic heterocycles. The first kappa shape index (κ1) is 17.9. The van der Waals surface area contributed by atoms with Gasteiger partial charge in [-0.2, -0.15) is 0 Å². The molecule has 0 bridgehead atoms. The summed E-state index contributed by atoms with van der Waals surface area (Å²) in [5.41, 5.74) is 0. The van der Waals surface area contributed by atoms with Gasteiger partial charge >= 0.3 is 0 Å². The van der Waals surface area contributed by atoms with E-state index in [0.29, 0.717) is 25.1 Å². The Kier molecular flexibility index (Phi) is 10.3. The molecule has 2 N–H and O–H groups in total. The minimum atomic E-state index is -0.401. The van der Waals surface area contributed by atoms with Crippen LogP contribution in [0.3, 0.4) is 0 Å². The highest BCUT2D eigenvalue weighted by molar-refractivity contribution is 4.72. The summed E-state index contributed by atoms with van der Waals surface area (Å²) in [5.74, 6) is 0.644. The molecule has 2 unspecified atom stereocenters. The van der Waals surface area contributed by atoms with Gasteiger partial charge in [0.05, 0.1) is 12.7 Å². The van der Waals surface area contributed by atoms with Gasteiger partial charge in [0.15, 0.2) is 0 Å². The molecule has 120 valence electrons. The molecule has 20 heavy (non-hydrogen) atoms. The highest BCUT2D eigenvalue weighted by atomic mass is 16.5. The summed E-state index contributed by atoms with van der Waals surface area (Å²) in [5, 5.41) is 13.3. The number of nitrogens with one attached hydrogen (secondary N) is 1. The third-order valence-corrected chi connectivity index (χ3v) is 4.07. The number of hydrogen-bond acceptors (Lipinski definition) is 4. The molecule has 1 aliphatic rings. The van der Waals surface area contributed by atoms with Gasteiger partial charge in [-0.25, -0.2) is 0 Å². The lowest BCUT2D eigenvalue weighted by Gasteiger charge is -2.24. The fraction of sp³-hybridized carbons (Fsp3) is 1.00. The van der Waals surface area contributed by atoms with Crippen molar-refractivity contribution in [3.05, 3.63) is 0 Å². The molecule has 0 aromatic heterocycles. The van der Waals surface area contributed by atoms with Crippen LogP contribution in [0.5, 0.6) is 0 Å². The van der Waals surface area contributed by atoms with Crippen molar-refractivity contribution in [2.24, 2.45) is 5.92 Å². The molecule has 1 fully saturated rings. The van der Waals surface area contributed by atoms with Gasteiger partial charge in [0.25, 0.3) is 0 Å². The van der Waals surface area contributed by atoms with Gasteiger partial charge in [-0.1, -0.05) is 33.1 Å². The average Bonchev–Trinajstić information content (AvgIpc) is 2.49. The Balaban J connectivity index is 2.02. The maximum absolute atomic E-state index is 9.92. The van der Waals surface area contributed by atoms with Crippen LogP contribution in [0.4, 0.5) is 0 Å². The Labute approximate surface area is 124 Å². The van der Waals surface area contributed by atoms with Gasteiger partial charge in [0.1, 0.15) is 0 Å². The van der Waals surface area contributed by atoms with Crippen LogP contribution >= 0.6 is 0 Å². The lowest BCUT2D eigenvalue weighted by atomic mass is 10.0. The van der Waals surface area contributed by atoms with Crippen LogP contribution in [-0.2, 0) is 9.47 Å². The standard InChI is InChI=1S/C16H33NO3/c1-3-5-6-14(4-2)12-20-13-16(18)11-17-15-7-9-19-10-8-15/h14-18H,3-13H2,1-2H3. The van der Waals surface area contributed by atoms with Crippen molar-refractivity contribution in [1.82, 2.24) is 5.32 Å². The predicted molar refractivity (Wildman–Crippen MR) is 82.0 cm³/mol. The fourth-order valence-electron chi connectivity index (χ4n) is 2.53. The maximum atomic E-state index is 9.92. The van der Waals surface area contributed by atoms with Crippen LogP contribution in [0.15, 0.2) is 0 Å². The minimum Gasteiger partial charge on any atom is -0.389 e. The van der Waals surface area contributed by atoms with E-state index in [0.717, 1.165) is 39.1 Å². The van der Waals surface area contributed by atoms with Crippen LogP contribution in [-0.4, -0.2) is 50.2 Å². The molecule has 2 atom stereocenters. The summed E-state index contributed by atoms with van der Waals surface area (Å²) in [6, 6.07) is 0.492. The second-order valence-corrected chi connectivity index (χ2v) is 5.90. The molecule has 1 heterocycles. The topological polar surface area (TPSA) is 50.7 Å². The number of hydrogen-bond donors (Lipinski definition) is 2. The van der Waals surface area contributed by atoms with E-state index >= 15 is 0 Å². The number of rotatable bonds is 11. The maximum Gasteiger partial charge on any atom is 0.0897 e. The molecule has 0 radical (unpaired) electrons. The van der Waals surface area contributed by atoms with Crippen molar-refractivity contribution in [2.75, 3.05) is 33.0 Å². The lowest BCUT2D eigenvalue weighted by Crippen LogP contribution is -2.40. The first-order valence-corrected chi connectivity index (χ1v) is 8.33. The van der Waals surface area contributed by atoms with Gasteiger partial charge < -0.3 is 19.9 Å². The van der Waals surface area contributed by atoms with Crippen molar-refractivity contribution in [3.63, 3.8) is 0 Å². The van der Waals surface area contributed by atoms with Crippen LogP contribution in [0, 0.1) is 5.92 Å². The van der Waals surface area contributed by atoms with Crippen molar-refractivity contribution in [2.45, 2.75) is 64.5 Å². The van der Waals surface area contributed by atoms with E-state index in [-0.39, 0.29) is 0 Å². The summed E-state index contributed by atoms with van der Waals surface area (Å²) in [6.07, 6.45) is 6.61. The molecule has 0 aromatic carbocycles. The summed E-state index contributed by atoms with van der Waals surface area (Å²) in [7, 11) is 0. The monoisotopic (exact) mass is 287 g/mol. The summed E-state index contributed by atoms with van der Waals surface area (Å²) >= 11 is 0. The Hall–Kier alpha value is -0.160. The Morgan fingerprint density at radius 2 is 2.00 bits per heavy atom. The quantitative estimate of drug-likeness (QED) is 0.612. The van der Waals surface area contributed by atoms with Gasteiger partial charge in [-0.15, -0.1) is 0 Å². The number of unbranched alkanes of at least 4 members (excludes halogenated alkanes) is 1. The molecule has 4 heteroatoms. The molecule has 0 aromatic rings. The van der Waals surface area contributed by atoms with Crippen LogP contribution < -0.4 is 5.32 Å². The Bertz CT molecular complexity index is 220. The molecule has 1 rings (SSSR count). The van der Waals surface area contributed by atoms with E-state index < -0.39 is 6.10 Å². The first-order valence-electron chi connectivity index (χ1n) is 8.33. The Morgan fingerprint density at radius 3 is 2.65 bits per heavy atom. The molecular formula is C16H33NO3. The zero-order valence-corrected chi connectivity index (χ0v) is 13.3. The third kappa shape index (κ3) is 8.20. The molecule has 0 aliphatic carbocycles. The van der Waals surface area contributed by atoms with E-state index in [2.05, 4.69) is 19.2 Å². The predicted octanol–water partition coefficient (Wildman–Crippen LogP) is 2.35. The number of aliphatic hydroxyl groups is 1. The molecule has 0 saturated carbocycles. The smallest absolute Gasteiger partial charge is 0.0897 e. The SMILES string of the molecule is CCCCC(CC)COCC(O)CNC1CCOCC1. The molecule has 0 spiro atoms. The third-order valence-electron chi connectivity index (χ3n) is 4.07. The fourth-order valence-corrected chi connectivity index (χ4v) is 2.53. The lowest BCUT2D eigenvalue weighted by molar-refractivity contribution is 0.0148. The Morgan fingerprint density at radius 1 is 1.25 bits per heavy atom. The van der Waals surface area contributed by atoms with Gasteiger partial charge in [0, 0.05) is 32.4 Å². The van der Waals surface area contributed by atoms with E-state index in [1.807, 2.05) is 0 Å². The summed E-state index contributed by atoms with van der Waals surface area (Å²) in [4.78, 5) is 0. The average molecular weight is 287 g/mol. The zero-order valence-electron chi connectivity index (χ0n) is 13.3. The largest absolute Gasteiger partial charge is 0.389 e. The molecule has 0 amide bonds. The number of ether oxygens (including phenoxy) is 2. The van der Waals surface area contributed by atoms with Crippen molar-refractivity contribution in [3.8, 4) is 0 Å². The van der Waals surface area contributed by atoms with Crippen molar-refractivity contribution >= 4 is 0 Å². The molecule has 4 nitrogen and oxygen atoms in total. The minimum absolute atomic E-state index is 0.401. The normalized spacial score (nSPS) is 19.9. The van der Waals surface area contributed by atoms with Gasteiger partial charge in [0.2, 0.25) is 0 Å². The van der Waals surface area contributed by atoms with Crippen LogP contribution in [0.25, 0.3) is 0 Å². The van der Waals surface area contributed by atoms with Crippen LogP contribution in [0.1, 0.15) is 52.4 Å². The second kappa shape index (κ2) is 11.5. The van der Waals surface area contributed by atoms with E-state index in [4.69, 9.17) is 9.47 Å². The van der Waals surface area contributed by atoms with E-state index in [1.165, 1.54) is 19.3 Å². The van der Waals surface area contributed by atoms with Crippen molar-refractivity contribution < 1.29 is 14.6 Å². The van der Waals surface area contributed by atoms with Crippen LogP contribution in [0.2, 0.25) is 0 Å². The number of aliphatic hydroxyl groups excluding tert-OH is 1. The van der Waals surface area contributed by atoms with Gasteiger partial charge in [-0.05, 0) is 25.2 Å². The molecular weight excluding hydrogens is 254 g/mol. The highest BCUT2D eigenvalue weighted by Gasteiger charge is 2.15. The highest BCUT2D eigenvalue weighted by Crippen LogP contribution is 2.13. The van der Waals surface area contributed by atoms with E-state index in [1.54, 1.807) is 0 Å². The molecule has 1 saturated heterocycles. The summed E-state index contributed by atoms with van der Waals surface area (Å²) < 4.78 is 11.0. The second-order valence-electron chi connectivity index (χ2n) is 5.90. The summed E-state index contributed by atoms with van der Waals surface area (Å²) in [6.45, 7) is 7.95. The van der Waals surface area contributed by atoms with E-state index in [9.17, 15) is 5.11 Å². The van der Waals surface area contributed by atoms with Gasteiger partial charge in [-0.3, -0.25) is 0 Å².